The van der Waals surface area contributed by atoms with Crippen molar-refractivity contribution in [3.8, 4) is 0 Å². The molecule has 0 unspecified atom stereocenters. The highest BCUT2D eigenvalue weighted by molar-refractivity contribution is 5.89. The molecule has 0 radical (unpaired) electrons. The lowest BCUT2D eigenvalue weighted by molar-refractivity contribution is 0.0600. The normalized spacial score (nSPS) is 20.6. The molecule has 0 amide bonds. The van der Waals surface area contributed by atoms with Crippen LogP contribution in [-0.4, -0.2) is 37.1 Å². The lowest BCUT2D eigenvalue weighted by atomic mass is 9.93. The molecule has 25 heavy (non-hydrogen) atoms. The Labute approximate surface area is 146 Å². The zero-order valence-electron chi connectivity index (χ0n) is 13.9. The van der Waals surface area contributed by atoms with Crippen molar-refractivity contribution in [3.63, 3.8) is 0 Å². The molecule has 0 saturated carbocycles. The van der Waals surface area contributed by atoms with Gasteiger partial charge in [-0.05, 0) is 29.3 Å². The van der Waals surface area contributed by atoms with Gasteiger partial charge in [0.1, 0.15) is 5.82 Å². The van der Waals surface area contributed by atoms with Gasteiger partial charge in [0, 0.05) is 31.6 Å². The molecule has 0 aromatic heterocycles. The van der Waals surface area contributed by atoms with Gasteiger partial charge in [-0.15, -0.1) is 0 Å². The van der Waals surface area contributed by atoms with Crippen LogP contribution in [0.25, 0.3) is 0 Å². The van der Waals surface area contributed by atoms with Crippen LogP contribution in [0.5, 0.6) is 0 Å². The number of benzene rings is 2. The molecule has 1 aliphatic heterocycles. The van der Waals surface area contributed by atoms with E-state index in [1.165, 1.54) is 25.3 Å². The maximum absolute atomic E-state index is 14.4. The van der Waals surface area contributed by atoms with E-state index in [4.69, 9.17) is 4.74 Å². The van der Waals surface area contributed by atoms with Crippen molar-refractivity contribution in [1.82, 2.24) is 10.4 Å². The molecular formula is C19H20FN2O3-. The summed E-state index contributed by atoms with van der Waals surface area (Å²) >= 11 is 0. The van der Waals surface area contributed by atoms with Crippen molar-refractivity contribution < 1.29 is 13.9 Å². The summed E-state index contributed by atoms with van der Waals surface area (Å²) < 4.78 is 19.0. The Hall–Kier alpha value is -2.28. The summed E-state index contributed by atoms with van der Waals surface area (Å²) in [4.78, 5) is 13.8. The summed E-state index contributed by atoms with van der Waals surface area (Å²) in [6.07, 6.45) is 0. The molecule has 2 atom stereocenters. The SMILES string of the molecule is COC(=O)c1ccc(F)c([C@H]2CN(Cc3ccccc3)C[C@@H]2N[O-])c1. The van der Waals surface area contributed by atoms with E-state index in [1.807, 2.05) is 35.8 Å². The fourth-order valence-corrected chi connectivity index (χ4v) is 3.36. The Morgan fingerprint density at radius 1 is 1.28 bits per heavy atom. The van der Waals surface area contributed by atoms with Crippen LogP contribution in [0.2, 0.25) is 0 Å². The maximum Gasteiger partial charge on any atom is 0.337 e. The van der Waals surface area contributed by atoms with Gasteiger partial charge in [-0.3, -0.25) is 4.90 Å². The lowest BCUT2D eigenvalue weighted by Crippen LogP contribution is -2.31. The number of nitrogens with one attached hydrogen (secondary N) is 1. The minimum Gasteiger partial charge on any atom is -0.787 e. The average molecular weight is 343 g/mol. The van der Waals surface area contributed by atoms with Crippen molar-refractivity contribution in [3.05, 3.63) is 76.2 Å². The van der Waals surface area contributed by atoms with Crippen LogP contribution in [0.1, 0.15) is 27.4 Å². The van der Waals surface area contributed by atoms with Gasteiger partial charge in [-0.1, -0.05) is 30.3 Å². The summed E-state index contributed by atoms with van der Waals surface area (Å²) in [7, 11) is 1.28. The van der Waals surface area contributed by atoms with E-state index in [1.54, 1.807) is 0 Å². The summed E-state index contributed by atoms with van der Waals surface area (Å²) in [6, 6.07) is 13.6. The summed E-state index contributed by atoms with van der Waals surface area (Å²) in [5.41, 5.74) is 3.83. The summed E-state index contributed by atoms with van der Waals surface area (Å²) in [6.45, 7) is 1.75. The Kier molecular flexibility index (Phi) is 5.43. The van der Waals surface area contributed by atoms with Gasteiger partial charge in [-0.25, -0.2) is 9.18 Å². The van der Waals surface area contributed by atoms with Crippen LogP contribution >= 0.6 is 0 Å². The molecule has 1 aliphatic rings. The van der Waals surface area contributed by atoms with Gasteiger partial charge in [0.05, 0.1) is 12.7 Å². The molecule has 132 valence electrons. The quantitative estimate of drug-likeness (QED) is 0.668. The number of halogens is 1. The molecule has 0 spiro atoms. The third-order valence-electron chi connectivity index (χ3n) is 4.61. The van der Waals surface area contributed by atoms with E-state index >= 15 is 0 Å². The van der Waals surface area contributed by atoms with E-state index in [2.05, 4.69) is 4.90 Å². The van der Waals surface area contributed by atoms with Crippen LogP contribution in [-0.2, 0) is 11.3 Å². The van der Waals surface area contributed by atoms with E-state index in [-0.39, 0.29) is 11.5 Å². The number of rotatable bonds is 5. The predicted molar refractivity (Wildman–Crippen MR) is 92.5 cm³/mol. The van der Waals surface area contributed by atoms with Crippen molar-refractivity contribution in [2.75, 3.05) is 20.2 Å². The van der Waals surface area contributed by atoms with Gasteiger partial charge in [0.15, 0.2) is 0 Å². The molecule has 1 fully saturated rings. The van der Waals surface area contributed by atoms with E-state index in [0.717, 1.165) is 5.56 Å². The molecule has 5 nitrogen and oxygen atoms in total. The minimum atomic E-state index is -0.521. The first-order valence-corrected chi connectivity index (χ1v) is 8.14. The first kappa shape index (κ1) is 17.5. The first-order valence-electron chi connectivity index (χ1n) is 8.14. The van der Waals surface area contributed by atoms with Crippen LogP contribution in [0, 0.1) is 11.0 Å². The Morgan fingerprint density at radius 3 is 2.72 bits per heavy atom. The van der Waals surface area contributed by atoms with Crippen molar-refractivity contribution in [2.24, 2.45) is 0 Å². The largest absolute Gasteiger partial charge is 0.787 e. The molecule has 3 rings (SSSR count). The minimum absolute atomic E-state index is 0.282. The Morgan fingerprint density at radius 2 is 2.04 bits per heavy atom. The fraction of sp³-hybridized carbons (Fsp3) is 0.316. The van der Waals surface area contributed by atoms with Crippen LogP contribution in [0.15, 0.2) is 48.5 Å². The molecule has 2 aromatic rings. The van der Waals surface area contributed by atoms with E-state index in [9.17, 15) is 14.4 Å². The highest BCUT2D eigenvalue weighted by Crippen LogP contribution is 2.31. The number of carbonyl (C=O) groups is 1. The van der Waals surface area contributed by atoms with Crippen molar-refractivity contribution in [1.29, 1.82) is 0 Å². The molecule has 0 bridgehead atoms. The number of nitrogens with zero attached hydrogens (tertiary/aromatic N) is 1. The number of hydrogen-bond donors (Lipinski definition) is 1. The number of ether oxygens (including phenoxy) is 1. The summed E-state index contributed by atoms with van der Waals surface area (Å²) in [5.74, 6) is -1.27. The third-order valence-corrected chi connectivity index (χ3v) is 4.61. The van der Waals surface area contributed by atoms with Gasteiger partial charge >= 0.3 is 5.97 Å². The molecule has 1 saturated heterocycles. The number of hydrogen-bond acceptors (Lipinski definition) is 5. The van der Waals surface area contributed by atoms with Gasteiger partial charge in [0.2, 0.25) is 0 Å². The molecule has 1 heterocycles. The number of likely N-dealkylation sites (tertiary alicyclic amines) is 1. The zero-order valence-corrected chi connectivity index (χ0v) is 13.9. The fourth-order valence-electron chi connectivity index (χ4n) is 3.36. The second-order valence-electron chi connectivity index (χ2n) is 6.24. The molecule has 2 aromatic carbocycles. The monoisotopic (exact) mass is 343 g/mol. The maximum atomic E-state index is 14.4. The number of hydroxylamine groups is 1. The molecule has 0 aliphatic carbocycles. The first-order chi connectivity index (χ1) is 12.1. The zero-order chi connectivity index (χ0) is 17.8. The predicted octanol–water partition coefficient (Wildman–Crippen LogP) is 2.67. The number of methoxy groups -OCH3 is 1. The highest BCUT2D eigenvalue weighted by Gasteiger charge is 2.33. The topological polar surface area (TPSA) is 64.6 Å². The van der Waals surface area contributed by atoms with E-state index < -0.39 is 17.8 Å². The standard InChI is InChI=1S/C19H20FN2O3/c1-25-19(23)14-7-8-17(20)15(9-14)16-11-22(12-18(16)21-24)10-13-5-3-2-4-6-13/h2-9,16,18,21H,10-12H2,1H3/q-1/t16-,18+/m1/s1. The average Bonchev–Trinajstić information content (AvgIpc) is 3.05. The van der Waals surface area contributed by atoms with Gasteiger partial charge < -0.3 is 15.4 Å². The molecule has 1 N–H and O–H groups in total. The van der Waals surface area contributed by atoms with Crippen molar-refractivity contribution in [2.45, 2.75) is 18.5 Å². The van der Waals surface area contributed by atoms with Crippen LogP contribution in [0.4, 0.5) is 4.39 Å². The second kappa shape index (κ2) is 7.74. The third kappa shape index (κ3) is 3.87. The number of esters is 1. The molecular weight excluding hydrogens is 323 g/mol. The lowest BCUT2D eigenvalue weighted by Gasteiger charge is -2.24. The Bertz CT molecular complexity index is 739. The highest BCUT2D eigenvalue weighted by atomic mass is 19.1. The smallest absolute Gasteiger partial charge is 0.337 e. The van der Waals surface area contributed by atoms with E-state index in [0.29, 0.717) is 25.2 Å². The van der Waals surface area contributed by atoms with Gasteiger partial charge in [-0.2, -0.15) is 0 Å². The molecule has 6 heteroatoms. The second-order valence-corrected chi connectivity index (χ2v) is 6.24. The van der Waals surface area contributed by atoms with Gasteiger partial charge in [0.25, 0.3) is 0 Å². The van der Waals surface area contributed by atoms with Crippen LogP contribution < -0.4 is 5.48 Å². The Balaban J connectivity index is 1.82. The van der Waals surface area contributed by atoms with Crippen LogP contribution in [0.3, 0.4) is 0 Å². The number of carbonyl (C=O) groups excluding carboxylic acids is 1. The van der Waals surface area contributed by atoms with Crippen molar-refractivity contribution >= 4 is 5.97 Å². The summed E-state index contributed by atoms with van der Waals surface area (Å²) in [5, 5.41) is 11.4.